The molecule has 146 valence electrons. The Labute approximate surface area is 180 Å². The van der Waals surface area contributed by atoms with Crippen molar-refractivity contribution in [3.8, 4) is 11.5 Å². The highest BCUT2D eigenvalue weighted by Gasteiger charge is 2.13. The predicted molar refractivity (Wildman–Crippen MR) is 117 cm³/mol. The Bertz CT molecular complexity index is 912. The highest BCUT2D eigenvalue weighted by Crippen LogP contribution is 2.37. The van der Waals surface area contributed by atoms with Crippen molar-refractivity contribution >= 4 is 40.5 Å². The molecule has 3 aromatic rings. The third-order valence-electron chi connectivity index (χ3n) is 4.01. The van der Waals surface area contributed by atoms with Crippen LogP contribution in [0.25, 0.3) is 0 Å². The van der Waals surface area contributed by atoms with Crippen molar-refractivity contribution in [1.29, 1.82) is 0 Å². The average molecular weight is 437 g/mol. The monoisotopic (exact) mass is 435 g/mol. The number of ether oxygens (including phenoxy) is 2. The van der Waals surface area contributed by atoms with E-state index in [2.05, 4.69) is 5.32 Å². The summed E-state index contributed by atoms with van der Waals surface area (Å²) in [7, 11) is 0. The molecule has 1 N–H and O–H groups in total. The van der Waals surface area contributed by atoms with Gasteiger partial charge in [-0.25, -0.2) is 0 Å². The summed E-state index contributed by atoms with van der Waals surface area (Å²) in [6.45, 7) is 3.41. The third-order valence-corrected chi connectivity index (χ3v) is 4.79. The largest absolute Gasteiger partial charge is 0.490 e. The molecule has 0 aliphatic rings. The summed E-state index contributed by atoms with van der Waals surface area (Å²) in [5.41, 5.74) is 2.96. The minimum atomic E-state index is 0.374. The van der Waals surface area contributed by atoms with Crippen molar-refractivity contribution in [2.24, 2.45) is 0 Å². The molecule has 3 aromatic carbocycles. The maximum absolute atomic E-state index is 6.49. The molecule has 28 heavy (non-hydrogen) atoms. The van der Waals surface area contributed by atoms with Crippen LogP contribution in [-0.2, 0) is 13.2 Å². The first-order valence-electron chi connectivity index (χ1n) is 8.87. The molecule has 0 aliphatic heterocycles. The molecule has 0 saturated carbocycles. The van der Waals surface area contributed by atoms with Crippen LogP contribution in [0.4, 0.5) is 5.69 Å². The van der Waals surface area contributed by atoms with E-state index in [0.717, 1.165) is 16.8 Å². The lowest BCUT2D eigenvalue weighted by Gasteiger charge is -2.16. The van der Waals surface area contributed by atoms with Gasteiger partial charge in [-0.3, -0.25) is 0 Å². The normalized spacial score (nSPS) is 10.6. The van der Waals surface area contributed by atoms with Gasteiger partial charge >= 0.3 is 0 Å². The molecule has 0 atom stereocenters. The van der Waals surface area contributed by atoms with Gasteiger partial charge in [0.2, 0.25) is 0 Å². The molecular weight excluding hydrogens is 417 g/mol. The zero-order chi connectivity index (χ0) is 19.9. The van der Waals surface area contributed by atoms with Gasteiger partial charge in [0.25, 0.3) is 0 Å². The van der Waals surface area contributed by atoms with Gasteiger partial charge in [-0.1, -0.05) is 46.9 Å². The highest BCUT2D eigenvalue weighted by atomic mass is 35.5. The Hall–Kier alpha value is -2.07. The van der Waals surface area contributed by atoms with E-state index in [1.165, 1.54) is 0 Å². The standard InChI is InChI=1S/C22H20Cl3NO2/c1-2-27-21-12-16(13-26-19-9-7-18(24)8-10-19)11-20(25)22(21)28-14-15-3-5-17(23)6-4-15/h3-12,26H,2,13-14H2,1H3. The summed E-state index contributed by atoms with van der Waals surface area (Å²) in [6.07, 6.45) is 0. The van der Waals surface area contributed by atoms with E-state index < -0.39 is 0 Å². The van der Waals surface area contributed by atoms with Crippen LogP contribution in [0.2, 0.25) is 15.1 Å². The molecule has 0 fully saturated rings. The molecule has 0 spiro atoms. The molecule has 3 nitrogen and oxygen atoms in total. The van der Waals surface area contributed by atoms with Crippen LogP contribution < -0.4 is 14.8 Å². The van der Waals surface area contributed by atoms with E-state index in [0.29, 0.717) is 46.3 Å². The first kappa shape index (κ1) is 20.7. The lowest BCUT2D eigenvalue weighted by Crippen LogP contribution is -2.04. The smallest absolute Gasteiger partial charge is 0.180 e. The van der Waals surface area contributed by atoms with Crippen molar-refractivity contribution in [3.05, 3.63) is 86.9 Å². The molecule has 6 heteroatoms. The zero-order valence-electron chi connectivity index (χ0n) is 15.3. The molecule has 0 saturated heterocycles. The second kappa shape index (κ2) is 9.92. The highest BCUT2D eigenvalue weighted by molar-refractivity contribution is 6.32. The summed E-state index contributed by atoms with van der Waals surface area (Å²) < 4.78 is 11.7. The minimum Gasteiger partial charge on any atom is -0.490 e. The van der Waals surface area contributed by atoms with Crippen LogP contribution in [-0.4, -0.2) is 6.61 Å². The van der Waals surface area contributed by atoms with Crippen LogP contribution in [0.3, 0.4) is 0 Å². The second-order valence-corrected chi connectivity index (χ2v) is 7.39. The lowest BCUT2D eigenvalue weighted by molar-refractivity contribution is 0.269. The van der Waals surface area contributed by atoms with E-state index in [4.69, 9.17) is 44.3 Å². The summed E-state index contributed by atoms with van der Waals surface area (Å²) in [5.74, 6) is 1.16. The average Bonchev–Trinajstić information content (AvgIpc) is 2.68. The topological polar surface area (TPSA) is 30.5 Å². The van der Waals surface area contributed by atoms with Crippen molar-refractivity contribution in [1.82, 2.24) is 0 Å². The molecule has 0 bridgehead atoms. The number of hydrogen-bond donors (Lipinski definition) is 1. The van der Waals surface area contributed by atoms with Gasteiger partial charge in [-0.2, -0.15) is 0 Å². The molecule has 0 radical (unpaired) electrons. The quantitative estimate of drug-likeness (QED) is 0.404. The minimum absolute atomic E-state index is 0.374. The second-order valence-electron chi connectivity index (χ2n) is 6.11. The fraction of sp³-hybridized carbons (Fsp3) is 0.182. The Morgan fingerprint density at radius 2 is 1.43 bits per heavy atom. The number of nitrogens with one attached hydrogen (secondary N) is 1. The van der Waals surface area contributed by atoms with E-state index in [1.54, 1.807) is 0 Å². The van der Waals surface area contributed by atoms with Crippen molar-refractivity contribution < 1.29 is 9.47 Å². The number of halogens is 3. The van der Waals surface area contributed by atoms with Crippen molar-refractivity contribution in [3.63, 3.8) is 0 Å². The predicted octanol–water partition coefficient (Wildman–Crippen LogP) is 7.24. The van der Waals surface area contributed by atoms with Gasteiger partial charge in [0.15, 0.2) is 11.5 Å². The van der Waals surface area contributed by atoms with Crippen LogP contribution in [0.1, 0.15) is 18.1 Å². The van der Waals surface area contributed by atoms with Crippen molar-refractivity contribution in [2.45, 2.75) is 20.1 Å². The number of anilines is 1. The molecule has 0 heterocycles. The van der Waals surface area contributed by atoms with Crippen LogP contribution >= 0.6 is 34.8 Å². The maximum atomic E-state index is 6.49. The fourth-order valence-corrected chi connectivity index (χ4v) is 3.17. The lowest BCUT2D eigenvalue weighted by atomic mass is 10.2. The van der Waals surface area contributed by atoms with Crippen LogP contribution in [0.15, 0.2) is 60.7 Å². The van der Waals surface area contributed by atoms with Crippen LogP contribution in [0, 0.1) is 0 Å². The number of hydrogen-bond acceptors (Lipinski definition) is 3. The molecule has 0 aromatic heterocycles. The van der Waals surface area contributed by atoms with Crippen LogP contribution in [0.5, 0.6) is 11.5 Å². The van der Waals surface area contributed by atoms with Gasteiger partial charge in [0.1, 0.15) is 6.61 Å². The van der Waals surface area contributed by atoms with Gasteiger partial charge in [0.05, 0.1) is 11.6 Å². The number of rotatable bonds is 8. The van der Waals surface area contributed by atoms with Gasteiger partial charge in [0, 0.05) is 22.3 Å². The van der Waals surface area contributed by atoms with Gasteiger partial charge in [-0.15, -0.1) is 0 Å². The molecule has 0 unspecified atom stereocenters. The molecule has 3 rings (SSSR count). The maximum Gasteiger partial charge on any atom is 0.180 e. The van der Waals surface area contributed by atoms with E-state index >= 15 is 0 Å². The molecule has 0 aliphatic carbocycles. The van der Waals surface area contributed by atoms with Gasteiger partial charge in [-0.05, 0) is 66.6 Å². The van der Waals surface area contributed by atoms with Crippen molar-refractivity contribution in [2.75, 3.05) is 11.9 Å². The SMILES string of the molecule is CCOc1cc(CNc2ccc(Cl)cc2)cc(Cl)c1OCc1ccc(Cl)cc1. The summed E-state index contributed by atoms with van der Waals surface area (Å²) in [5, 5.41) is 5.24. The number of benzene rings is 3. The summed E-state index contributed by atoms with van der Waals surface area (Å²) >= 11 is 18.3. The van der Waals surface area contributed by atoms with E-state index in [9.17, 15) is 0 Å². The zero-order valence-corrected chi connectivity index (χ0v) is 17.6. The summed E-state index contributed by atoms with van der Waals surface area (Å²) in [6, 6.07) is 18.9. The Balaban J connectivity index is 1.73. The summed E-state index contributed by atoms with van der Waals surface area (Å²) in [4.78, 5) is 0. The fourth-order valence-electron chi connectivity index (χ4n) is 2.63. The first-order chi connectivity index (χ1) is 13.5. The van der Waals surface area contributed by atoms with E-state index in [-0.39, 0.29) is 0 Å². The van der Waals surface area contributed by atoms with E-state index in [1.807, 2.05) is 67.6 Å². The molecule has 0 amide bonds. The Morgan fingerprint density at radius 3 is 2.07 bits per heavy atom. The Morgan fingerprint density at radius 1 is 0.786 bits per heavy atom. The third kappa shape index (κ3) is 5.71. The Kier molecular flexibility index (Phi) is 7.32. The first-order valence-corrected chi connectivity index (χ1v) is 10.0. The molecular formula is C22H20Cl3NO2. The van der Waals surface area contributed by atoms with Gasteiger partial charge < -0.3 is 14.8 Å².